The first-order chi connectivity index (χ1) is 12.0. The predicted octanol–water partition coefficient (Wildman–Crippen LogP) is 3.64. The lowest BCUT2D eigenvalue weighted by Gasteiger charge is -2.36. The summed E-state index contributed by atoms with van der Waals surface area (Å²) in [5, 5.41) is 20.2. The summed E-state index contributed by atoms with van der Waals surface area (Å²) in [4.78, 5) is 2.39. The third-order valence-electron chi connectivity index (χ3n) is 5.16. The van der Waals surface area contributed by atoms with Crippen LogP contribution in [0.3, 0.4) is 0 Å². The standard InChI is InChI=1S/C22H29NO2/c1-22(25,16-20-7-9-21(24)10-8-20)17-23-13-11-19(12-14-23)15-18-5-3-2-4-6-18/h2-10,19,24-25H,11-17H2,1H3/t22-/m0/s1. The van der Waals surface area contributed by atoms with E-state index in [2.05, 4.69) is 35.2 Å². The van der Waals surface area contributed by atoms with Gasteiger partial charge in [0.15, 0.2) is 0 Å². The van der Waals surface area contributed by atoms with E-state index in [4.69, 9.17) is 0 Å². The van der Waals surface area contributed by atoms with E-state index in [9.17, 15) is 10.2 Å². The fraction of sp³-hybridized carbons (Fsp3) is 0.455. The Balaban J connectivity index is 1.46. The van der Waals surface area contributed by atoms with E-state index in [-0.39, 0.29) is 5.75 Å². The van der Waals surface area contributed by atoms with Gasteiger partial charge >= 0.3 is 0 Å². The molecular weight excluding hydrogens is 310 g/mol. The second-order valence-corrected chi connectivity index (χ2v) is 7.75. The van der Waals surface area contributed by atoms with Crippen LogP contribution in [-0.4, -0.2) is 40.3 Å². The van der Waals surface area contributed by atoms with E-state index in [1.54, 1.807) is 12.1 Å². The van der Waals surface area contributed by atoms with Crippen molar-refractivity contribution in [1.29, 1.82) is 0 Å². The van der Waals surface area contributed by atoms with Gasteiger partial charge in [-0.25, -0.2) is 0 Å². The molecule has 0 radical (unpaired) electrons. The number of β-amino-alcohol motifs (C(OH)–C–C–N with tert-alkyl or cyclic N) is 1. The average molecular weight is 339 g/mol. The molecular formula is C22H29NO2. The number of likely N-dealkylation sites (tertiary alicyclic amines) is 1. The van der Waals surface area contributed by atoms with Gasteiger partial charge in [-0.3, -0.25) is 0 Å². The van der Waals surface area contributed by atoms with Gasteiger partial charge in [0.05, 0.1) is 5.60 Å². The number of phenols is 1. The molecule has 0 amide bonds. The SMILES string of the molecule is C[C@](O)(Cc1ccc(O)cc1)CN1CCC(Cc2ccccc2)CC1. The fourth-order valence-electron chi connectivity index (χ4n) is 3.89. The molecule has 0 aromatic heterocycles. The molecule has 1 atom stereocenters. The van der Waals surface area contributed by atoms with Gasteiger partial charge in [0.25, 0.3) is 0 Å². The first kappa shape index (κ1) is 18.0. The number of benzene rings is 2. The van der Waals surface area contributed by atoms with Crippen LogP contribution in [0.25, 0.3) is 0 Å². The van der Waals surface area contributed by atoms with Crippen LogP contribution in [0.5, 0.6) is 5.75 Å². The number of hydrogen-bond acceptors (Lipinski definition) is 3. The average Bonchev–Trinajstić information content (AvgIpc) is 2.59. The van der Waals surface area contributed by atoms with Crippen molar-refractivity contribution in [1.82, 2.24) is 4.90 Å². The molecule has 0 bridgehead atoms. The minimum atomic E-state index is -0.747. The summed E-state index contributed by atoms with van der Waals surface area (Å²) in [6.45, 7) is 4.73. The van der Waals surface area contributed by atoms with Crippen LogP contribution < -0.4 is 0 Å². The summed E-state index contributed by atoms with van der Waals surface area (Å²) in [5.74, 6) is 1.02. The minimum absolute atomic E-state index is 0.267. The molecule has 0 unspecified atom stereocenters. The number of aromatic hydroxyl groups is 1. The van der Waals surface area contributed by atoms with Gasteiger partial charge in [0.1, 0.15) is 5.75 Å². The third kappa shape index (κ3) is 5.58. The molecule has 3 nitrogen and oxygen atoms in total. The van der Waals surface area contributed by atoms with Crippen molar-refractivity contribution in [2.75, 3.05) is 19.6 Å². The van der Waals surface area contributed by atoms with Crippen molar-refractivity contribution in [3.05, 3.63) is 65.7 Å². The molecule has 3 heteroatoms. The van der Waals surface area contributed by atoms with Gasteiger partial charge < -0.3 is 15.1 Å². The largest absolute Gasteiger partial charge is 0.508 e. The van der Waals surface area contributed by atoms with Crippen LogP contribution in [0.15, 0.2) is 54.6 Å². The predicted molar refractivity (Wildman–Crippen MR) is 102 cm³/mol. The minimum Gasteiger partial charge on any atom is -0.508 e. The highest BCUT2D eigenvalue weighted by molar-refractivity contribution is 5.26. The maximum Gasteiger partial charge on any atom is 0.115 e. The Hall–Kier alpha value is -1.84. The van der Waals surface area contributed by atoms with Crippen molar-refractivity contribution in [3.8, 4) is 5.75 Å². The van der Waals surface area contributed by atoms with Gasteiger partial charge in [0.2, 0.25) is 0 Å². The van der Waals surface area contributed by atoms with Crippen LogP contribution in [0.1, 0.15) is 30.9 Å². The lowest BCUT2D eigenvalue weighted by Crippen LogP contribution is -2.45. The Morgan fingerprint density at radius 1 is 0.960 bits per heavy atom. The molecule has 2 aromatic rings. The zero-order chi connectivity index (χ0) is 17.7. The zero-order valence-corrected chi connectivity index (χ0v) is 15.1. The van der Waals surface area contributed by atoms with Crippen molar-refractivity contribution >= 4 is 0 Å². The molecule has 1 fully saturated rings. The maximum atomic E-state index is 10.8. The molecule has 134 valence electrons. The van der Waals surface area contributed by atoms with Gasteiger partial charge in [-0.1, -0.05) is 42.5 Å². The monoisotopic (exact) mass is 339 g/mol. The first-order valence-corrected chi connectivity index (χ1v) is 9.27. The molecule has 1 aliphatic heterocycles. The molecule has 1 heterocycles. The van der Waals surface area contributed by atoms with Crippen molar-refractivity contribution in [2.45, 2.75) is 38.2 Å². The summed E-state index contributed by atoms with van der Waals surface area (Å²) in [5.41, 5.74) is 1.74. The van der Waals surface area contributed by atoms with Crippen LogP contribution in [0, 0.1) is 5.92 Å². The highest BCUT2D eigenvalue weighted by atomic mass is 16.3. The lowest BCUT2D eigenvalue weighted by molar-refractivity contribution is 0.00978. The van der Waals surface area contributed by atoms with Crippen LogP contribution in [-0.2, 0) is 12.8 Å². The Morgan fingerprint density at radius 2 is 1.60 bits per heavy atom. The molecule has 25 heavy (non-hydrogen) atoms. The first-order valence-electron chi connectivity index (χ1n) is 9.27. The molecule has 1 saturated heterocycles. The normalized spacial score (nSPS) is 18.8. The van der Waals surface area contributed by atoms with E-state index < -0.39 is 5.60 Å². The van der Waals surface area contributed by atoms with Crippen LogP contribution >= 0.6 is 0 Å². The molecule has 2 aromatic carbocycles. The van der Waals surface area contributed by atoms with E-state index >= 15 is 0 Å². The molecule has 2 N–H and O–H groups in total. The summed E-state index contributed by atoms with van der Waals surface area (Å²) in [6, 6.07) is 17.9. The smallest absolute Gasteiger partial charge is 0.115 e. The Labute approximate surface area is 150 Å². The van der Waals surface area contributed by atoms with Gasteiger partial charge in [-0.05, 0) is 68.5 Å². The van der Waals surface area contributed by atoms with Crippen molar-refractivity contribution < 1.29 is 10.2 Å². The lowest BCUT2D eigenvalue weighted by atomic mass is 9.89. The second kappa shape index (κ2) is 8.03. The molecule has 1 aliphatic rings. The van der Waals surface area contributed by atoms with Crippen molar-refractivity contribution in [3.63, 3.8) is 0 Å². The number of piperidine rings is 1. The second-order valence-electron chi connectivity index (χ2n) is 7.75. The molecule has 0 spiro atoms. The number of nitrogens with zero attached hydrogens (tertiary/aromatic N) is 1. The Bertz CT molecular complexity index is 643. The number of rotatable bonds is 6. The summed E-state index contributed by atoms with van der Waals surface area (Å²) in [7, 11) is 0. The topological polar surface area (TPSA) is 43.7 Å². The summed E-state index contributed by atoms with van der Waals surface area (Å²) >= 11 is 0. The van der Waals surface area contributed by atoms with E-state index in [1.165, 1.54) is 24.8 Å². The van der Waals surface area contributed by atoms with Crippen LogP contribution in [0.4, 0.5) is 0 Å². The van der Waals surface area contributed by atoms with Crippen LogP contribution in [0.2, 0.25) is 0 Å². The number of phenolic OH excluding ortho intramolecular Hbond substituents is 1. The van der Waals surface area contributed by atoms with E-state index in [1.807, 2.05) is 19.1 Å². The Kier molecular flexibility index (Phi) is 5.77. The zero-order valence-electron chi connectivity index (χ0n) is 15.1. The maximum absolute atomic E-state index is 10.8. The quantitative estimate of drug-likeness (QED) is 0.844. The highest BCUT2D eigenvalue weighted by Gasteiger charge is 2.27. The van der Waals surface area contributed by atoms with Gasteiger partial charge in [-0.2, -0.15) is 0 Å². The summed E-state index contributed by atoms with van der Waals surface area (Å²) < 4.78 is 0. The Morgan fingerprint density at radius 3 is 2.24 bits per heavy atom. The fourth-order valence-corrected chi connectivity index (χ4v) is 3.89. The van der Waals surface area contributed by atoms with Gasteiger partial charge in [-0.15, -0.1) is 0 Å². The molecule has 0 aliphatic carbocycles. The molecule has 3 rings (SSSR count). The van der Waals surface area contributed by atoms with E-state index in [0.29, 0.717) is 13.0 Å². The number of hydrogen-bond donors (Lipinski definition) is 2. The summed E-state index contributed by atoms with van der Waals surface area (Å²) in [6.07, 6.45) is 4.17. The van der Waals surface area contributed by atoms with E-state index in [0.717, 1.165) is 24.6 Å². The van der Waals surface area contributed by atoms with Crippen molar-refractivity contribution in [2.24, 2.45) is 5.92 Å². The van der Waals surface area contributed by atoms with Gasteiger partial charge in [0, 0.05) is 13.0 Å². The number of aliphatic hydroxyl groups is 1. The third-order valence-corrected chi connectivity index (χ3v) is 5.16. The molecule has 0 saturated carbocycles. The highest BCUT2D eigenvalue weighted by Crippen LogP contribution is 2.24.